The number of aliphatic hydroxyl groups is 1. The lowest BCUT2D eigenvalue weighted by Crippen LogP contribution is -2.30. The number of fused-ring (bicyclic) bond motifs is 1. The number of hydrogen-bond donors (Lipinski definition) is 3. The molecular formula is C38H38ClN7O5. The number of likely N-dealkylation sites (tertiary alicyclic amines) is 2. The molecule has 7 rings (SSSR count). The zero-order valence-electron chi connectivity index (χ0n) is 28.4. The number of carbonyl (C=O) groups is 1. The Labute approximate surface area is 299 Å². The van der Waals surface area contributed by atoms with Gasteiger partial charge in [0.05, 0.1) is 29.8 Å². The zero-order chi connectivity index (χ0) is 35.8. The highest BCUT2D eigenvalue weighted by atomic mass is 35.5. The molecule has 12 nitrogen and oxygen atoms in total. The summed E-state index contributed by atoms with van der Waals surface area (Å²) in [7, 11) is 1.60. The van der Waals surface area contributed by atoms with Crippen LogP contribution in [0.1, 0.15) is 29.5 Å². The van der Waals surface area contributed by atoms with Crippen molar-refractivity contribution < 1.29 is 24.2 Å². The predicted molar refractivity (Wildman–Crippen MR) is 191 cm³/mol. The molecular weight excluding hydrogens is 670 g/mol. The Morgan fingerprint density at radius 2 is 1.78 bits per heavy atom. The predicted octanol–water partition coefficient (Wildman–Crippen LogP) is 5.32. The number of ether oxygens (including phenoxy) is 1. The van der Waals surface area contributed by atoms with Crippen LogP contribution in [0.2, 0.25) is 5.02 Å². The van der Waals surface area contributed by atoms with Crippen molar-refractivity contribution in [3.8, 4) is 45.8 Å². The number of aromatic nitrogens is 3. The van der Waals surface area contributed by atoms with Crippen LogP contribution in [-0.4, -0.2) is 86.5 Å². The monoisotopic (exact) mass is 707 g/mol. The Hall–Kier alpha value is -5.06. The Kier molecular flexibility index (Phi) is 9.63. The minimum atomic E-state index is -0.789. The van der Waals surface area contributed by atoms with Crippen LogP contribution in [0, 0.1) is 29.6 Å². The molecule has 262 valence electrons. The molecule has 2 aliphatic rings. The fourth-order valence-electron chi connectivity index (χ4n) is 7.15. The number of oxazole rings is 1. The SMILES string of the molecule is COc1nc(-c2cccc(-c3cccc(-c4nc5c(=N)n(CCN6CC[C@@H](C(=O)O)C6)cc(C#N)c5o4)c3C)c2Cl)ccc1CN1CC[C@@H](O)C1. The Morgan fingerprint density at radius 3 is 2.49 bits per heavy atom. The molecule has 0 unspecified atom stereocenters. The minimum Gasteiger partial charge on any atom is -0.481 e. The van der Waals surface area contributed by atoms with Gasteiger partial charge in [0.25, 0.3) is 0 Å². The van der Waals surface area contributed by atoms with E-state index in [-0.39, 0.29) is 40.1 Å². The first-order valence-corrected chi connectivity index (χ1v) is 17.3. The number of halogens is 1. The number of β-amino-alcohol motifs (C(OH)–C–C–N with tert-alkyl or cyclic N) is 1. The zero-order valence-corrected chi connectivity index (χ0v) is 29.2. The molecule has 2 fully saturated rings. The molecule has 3 aromatic heterocycles. The van der Waals surface area contributed by atoms with Crippen LogP contribution in [0.4, 0.5) is 0 Å². The molecule has 3 N–H and O–H groups in total. The third-order valence-electron chi connectivity index (χ3n) is 9.97. The van der Waals surface area contributed by atoms with Gasteiger partial charge in [0.15, 0.2) is 16.6 Å². The van der Waals surface area contributed by atoms with Crippen LogP contribution in [0.5, 0.6) is 5.88 Å². The van der Waals surface area contributed by atoms with Gasteiger partial charge in [-0.25, -0.2) is 9.97 Å². The second-order valence-electron chi connectivity index (χ2n) is 13.2. The van der Waals surface area contributed by atoms with E-state index in [4.69, 9.17) is 36.1 Å². The summed E-state index contributed by atoms with van der Waals surface area (Å²) in [5.41, 5.74) is 6.48. The summed E-state index contributed by atoms with van der Waals surface area (Å²) in [6.07, 6.45) is 2.65. The summed E-state index contributed by atoms with van der Waals surface area (Å²) in [6, 6.07) is 17.7. The van der Waals surface area contributed by atoms with Crippen LogP contribution in [-0.2, 0) is 17.9 Å². The molecule has 0 aliphatic carbocycles. The van der Waals surface area contributed by atoms with Crippen molar-refractivity contribution in [2.24, 2.45) is 5.92 Å². The van der Waals surface area contributed by atoms with Gasteiger partial charge in [-0.3, -0.25) is 15.1 Å². The molecule has 2 atom stereocenters. The van der Waals surface area contributed by atoms with Gasteiger partial charge in [0.1, 0.15) is 11.6 Å². The van der Waals surface area contributed by atoms with Crippen molar-refractivity contribution in [3.63, 3.8) is 0 Å². The lowest BCUT2D eigenvalue weighted by molar-refractivity contribution is -0.141. The minimum absolute atomic E-state index is 0.115. The normalized spacial score (nSPS) is 18.0. The molecule has 13 heteroatoms. The van der Waals surface area contributed by atoms with Crippen molar-refractivity contribution in [2.75, 3.05) is 39.8 Å². The molecule has 0 bridgehead atoms. The van der Waals surface area contributed by atoms with E-state index in [1.54, 1.807) is 17.9 Å². The Balaban J connectivity index is 1.19. The quantitative estimate of drug-likeness (QED) is 0.173. The summed E-state index contributed by atoms with van der Waals surface area (Å²) >= 11 is 7.13. The first kappa shape index (κ1) is 34.4. The average molecular weight is 708 g/mol. The number of benzene rings is 2. The highest BCUT2D eigenvalue weighted by molar-refractivity contribution is 6.36. The van der Waals surface area contributed by atoms with Crippen molar-refractivity contribution in [1.29, 1.82) is 10.7 Å². The summed E-state index contributed by atoms with van der Waals surface area (Å²) < 4.78 is 13.5. The van der Waals surface area contributed by atoms with Gasteiger partial charge in [0.2, 0.25) is 11.8 Å². The van der Waals surface area contributed by atoms with Gasteiger partial charge in [0, 0.05) is 67.7 Å². The molecule has 0 radical (unpaired) electrons. The van der Waals surface area contributed by atoms with E-state index in [9.17, 15) is 20.3 Å². The van der Waals surface area contributed by atoms with Gasteiger partial charge in [-0.2, -0.15) is 5.26 Å². The third kappa shape index (κ3) is 6.73. The summed E-state index contributed by atoms with van der Waals surface area (Å²) in [5.74, 6) is -0.372. The highest BCUT2D eigenvalue weighted by Crippen LogP contribution is 2.40. The van der Waals surface area contributed by atoms with Crippen LogP contribution in [0.3, 0.4) is 0 Å². The number of pyridine rings is 2. The van der Waals surface area contributed by atoms with Crippen LogP contribution >= 0.6 is 11.6 Å². The maximum absolute atomic E-state index is 11.4. The number of carboxylic acids is 1. The molecule has 5 heterocycles. The van der Waals surface area contributed by atoms with Crippen molar-refractivity contribution in [1.82, 2.24) is 24.3 Å². The lowest BCUT2D eigenvalue weighted by Gasteiger charge is -2.18. The number of methoxy groups -OCH3 is 1. The third-order valence-corrected chi connectivity index (χ3v) is 10.4. The molecule has 0 amide bonds. The maximum atomic E-state index is 11.4. The van der Waals surface area contributed by atoms with Gasteiger partial charge in [-0.1, -0.05) is 48.0 Å². The fraction of sp³-hybridized carbons (Fsp3) is 0.342. The molecule has 0 saturated carbocycles. The lowest BCUT2D eigenvalue weighted by atomic mass is 9.94. The van der Waals surface area contributed by atoms with Crippen LogP contribution in [0.25, 0.3) is 44.9 Å². The smallest absolute Gasteiger partial charge is 0.307 e. The van der Waals surface area contributed by atoms with Crippen LogP contribution in [0.15, 0.2) is 59.1 Å². The first-order chi connectivity index (χ1) is 24.6. The van der Waals surface area contributed by atoms with Crippen molar-refractivity contribution >= 4 is 28.7 Å². The van der Waals surface area contributed by atoms with Crippen LogP contribution < -0.4 is 10.2 Å². The molecule has 5 aromatic rings. The van der Waals surface area contributed by atoms with E-state index in [0.29, 0.717) is 67.8 Å². The van der Waals surface area contributed by atoms with E-state index in [1.807, 2.05) is 55.5 Å². The summed E-state index contributed by atoms with van der Waals surface area (Å²) in [4.78, 5) is 25.2. The van der Waals surface area contributed by atoms with E-state index in [0.717, 1.165) is 40.8 Å². The number of nitrogens with one attached hydrogen (secondary N) is 1. The molecule has 2 saturated heterocycles. The molecule has 51 heavy (non-hydrogen) atoms. The average Bonchev–Trinajstić information content (AvgIpc) is 3.89. The second kappa shape index (κ2) is 14.3. The number of nitriles is 1. The number of nitrogens with zero attached hydrogens (tertiary/aromatic N) is 6. The summed E-state index contributed by atoms with van der Waals surface area (Å²) in [5, 5.41) is 38.7. The van der Waals surface area contributed by atoms with E-state index in [2.05, 4.69) is 15.9 Å². The Morgan fingerprint density at radius 1 is 1.04 bits per heavy atom. The van der Waals surface area contributed by atoms with E-state index >= 15 is 0 Å². The van der Waals surface area contributed by atoms with E-state index in [1.165, 1.54) is 0 Å². The summed E-state index contributed by atoms with van der Waals surface area (Å²) in [6.45, 7) is 6.15. The number of aliphatic carboxylic acids is 1. The van der Waals surface area contributed by atoms with E-state index < -0.39 is 5.97 Å². The van der Waals surface area contributed by atoms with Crippen molar-refractivity contribution in [3.05, 3.63) is 81.9 Å². The van der Waals surface area contributed by atoms with Gasteiger partial charge in [-0.05, 0) is 49.6 Å². The second-order valence-corrected chi connectivity index (χ2v) is 13.6. The maximum Gasteiger partial charge on any atom is 0.307 e. The van der Waals surface area contributed by atoms with Gasteiger partial charge >= 0.3 is 5.97 Å². The standard InChI is InChI=1S/C38H38ClN7O5/c1-22-27(29-7-4-8-30(32(29)39)31-10-9-23(36(42-31)50-2)18-45-14-12-26(47)21-45)5-3-6-28(22)37-43-33-34(51-37)25(17-40)20-46(35(33)41)16-15-44-13-11-24(19-44)38(48)49/h3-10,20,24,26,41,47H,11-16,18-19,21H2,1-2H3,(H,48,49)/t24-,26-/m1/s1. The fourth-order valence-corrected chi connectivity index (χ4v) is 7.47. The first-order valence-electron chi connectivity index (χ1n) is 16.9. The number of hydrogen-bond acceptors (Lipinski definition) is 10. The molecule has 0 spiro atoms. The largest absolute Gasteiger partial charge is 0.481 e. The number of rotatable bonds is 10. The van der Waals surface area contributed by atoms with Gasteiger partial charge < -0.3 is 28.8 Å². The highest BCUT2D eigenvalue weighted by Gasteiger charge is 2.28. The van der Waals surface area contributed by atoms with Gasteiger partial charge in [-0.15, -0.1) is 0 Å². The van der Waals surface area contributed by atoms with Crippen molar-refractivity contribution in [2.45, 2.75) is 39.0 Å². The topological polar surface area (TPSA) is 165 Å². The molecule has 2 aromatic carbocycles. The number of carboxylic acid groups (broad SMARTS) is 1. The molecule has 2 aliphatic heterocycles. The number of aliphatic hydroxyl groups excluding tert-OH is 1. The Bertz CT molecular complexity index is 2240.